The molecular formula is C17H27NS. The minimum absolute atomic E-state index is 0.543. The minimum atomic E-state index is 0.543. The maximum absolute atomic E-state index is 3.75. The van der Waals surface area contributed by atoms with E-state index in [4.69, 9.17) is 0 Å². The Labute approximate surface area is 122 Å². The topological polar surface area (TPSA) is 12.0 Å². The Kier molecular flexibility index (Phi) is 8.68. The zero-order valence-electron chi connectivity index (χ0n) is 12.3. The van der Waals surface area contributed by atoms with E-state index >= 15 is 0 Å². The van der Waals surface area contributed by atoms with E-state index in [1.54, 1.807) is 0 Å². The van der Waals surface area contributed by atoms with Gasteiger partial charge in [-0.1, -0.05) is 38.5 Å². The molecule has 0 aromatic heterocycles. The Morgan fingerprint density at radius 2 is 2.11 bits per heavy atom. The van der Waals surface area contributed by atoms with Gasteiger partial charge in [-0.05, 0) is 42.7 Å². The molecule has 19 heavy (non-hydrogen) atoms. The average molecular weight is 277 g/mol. The van der Waals surface area contributed by atoms with E-state index in [9.17, 15) is 0 Å². The second-order valence-corrected chi connectivity index (χ2v) is 6.34. The van der Waals surface area contributed by atoms with Gasteiger partial charge < -0.3 is 5.32 Å². The molecule has 0 heterocycles. The van der Waals surface area contributed by atoms with Crippen LogP contribution in [0, 0.1) is 0 Å². The molecule has 2 heteroatoms. The van der Waals surface area contributed by atoms with Gasteiger partial charge in [0.2, 0.25) is 0 Å². The molecule has 0 saturated heterocycles. The van der Waals surface area contributed by atoms with Gasteiger partial charge in [-0.2, -0.15) is 0 Å². The van der Waals surface area contributed by atoms with Crippen LogP contribution < -0.4 is 5.32 Å². The highest BCUT2D eigenvalue weighted by Gasteiger charge is 1.98. The number of nitrogens with one attached hydrogen (secondary N) is 1. The second-order valence-electron chi connectivity index (χ2n) is 5.17. The Balaban J connectivity index is 2.25. The molecule has 1 rings (SSSR count). The lowest BCUT2D eigenvalue weighted by Crippen LogP contribution is -2.21. The van der Waals surface area contributed by atoms with E-state index in [0.717, 1.165) is 13.0 Å². The van der Waals surface area contributed by atoms with E-state index in [-0.39, 0.29) is 0 Å². The Hall–Kier alpha value is -0.730. The molecule has 0 radical (unpaired) electrons. The first kappa shape index (κ1) is 16.3. The van der Waals surface area contributed by atoms with Gasteiger partial charge in [-0.15, -0.1) is 18.3 Å². The normalized spacial score (nSPS) is 10.9. The number of hydrogen-bond donors (Lipinski definition) is 1. The van der Waals surface area contributed by atoms with Crippen LogP contribution in [0.1, 0.15) is 45.1 Å². The maximum Gasteiger partial charge on any atom is 0.0208 e. The first-order valence-corrected chi connectivity index (χ1v) is 8.27. The third-order valence-electron chi connectivity index (χ3n) is 2.93. The van der Waals surface area contributed by atoms with E-state index in [1.807, 2.05) is 17.8 Å². The van der Waals surface area contributed by atoms with Gasteiger partial charge in [0.15, 0.2) is 0 Å². The number of hydrogen-bond acceptors (Lipinski definition) is 2. The van der Waals surface area contributed by atoms with Crippen LogP contribution in [0.4, 0.5) is 0 Å². The molecule has 0 fully saturated rings. The third-order valence-corrected chi connectivity index (χ3v) is 4.01. The average Bonchev–Trinajstić information content (AvgIpc) is 2.41. The fraction of sp³-hybridized carbons (Fsp3) is 0.529. The lowest BCUT2D eigenvalue weighted by molar-refractivity contribution is 0.588. The summed E-state index contributed by atoms with van der Waals surface area (Å²) in [5.74, 6) is 1.22. The zero-order chi connectivity index (χ0) is 13.9. The first-order chi connectivity index (χ1) is 9.22. The minimum Gasteiger partial charge on any atom is -0.310 e. The van der Waals surface area contributed by atoms with Crippen molar-refractivity contribution < 1.29 is 0 Å². The summed E-state index contributed by atoms with van der Waals surface area (Å²) in [5, 5.41) is 3.46. The van der Waals surface area contributed by atoms with Crippen LogP contribution in [0.5, 0.6) is 0 Å². The van der Waals surface area contributed by atoms with Crippen molar-refractivity contribution in [3.05, 3.63) is 42.5 Å². The molecule has 106 valence electrons. The van der Waals surface area contributed by atoms with Crippen molar-refractivity contribution >= 4 is 11.8 Å². The highest BCUT2D eigenvalue weighted by atomic mass is 32.2. The molecule has 1 aromatic rings. The number of benzene rings is 1. The van der Waals surface area contributed by atoms with Gasteiger partial charge in [0.25, 0.3) is 0 Å². The molecule has 0 aliphatic rings. The summed E-state index contributed by atoms with van der Waals surface area (Å²) >= 11 is 1.97. The van der Waals surface area contributed by atoms with Crippen LogP contribution in [0.15, 0.2) is 41.8 Å². The summed E-state index contributed by atoms with van der Waals surface area (Å²) in [6.07, 6.45) is 7.06. The zero-order valence-corrected chi connectivity index (χ0v) is 13.1. The van der Waals surface area contributed by atoms with Crippen LogP contribution in [0.3, 0.4) is 0 Å². The monoisotopic (exact) mass is 277 g/mol. The van der Waals surface area contributed by atoms with E-state index < -0.39 is 0 Å². The molecule has 0 spiro atoms. The van der Waals surface area contributed by atoms with Crippen molar-refractivity contribution in [2.45, 2.75) is 57.0 Å². The lowest BCUT2D eigenvalue weighted by atomic mass is 10.2. The quantitative estimate of drug-likeness (QED) is 0.366. The summed E-state index contributed by atoms with van der Waals surface area (Å²) < 4.78 is 0. The van der Waals surface area contributed by atoms with Crippen LogP contribution in [-0.4, -0.2) is 11.8 Å². The van der Waals surface area contributed by atoms with E-state index in [0.29, 0.717) is 6.04 Å². The Morgan fingerprint density at radius 1 is 1.26 bits per heavy atom. The Bertz CT molecular complexity index is 360. The molecule has 0 aliphatic carbocycles. The third kappa shape index (κ3) is 8.12. The summed E-state index contributed by atoms with van der Waals surface area (Å²) in [7, 11) is 0. The van der Waals surface area contributed by atoms with E-state index in [1.165, 1.54) is 35.5 Å². The molecule has 0 amide bonds. The van der Waals surface area contributed by atoms with Gasteiger partial charge >= 0.3 is 0 Å². The van der Waals surface area contributed by atoms with Crippen LogP contribution >= 0.6 is 11.8 Å². The summed E-state index contributed by atoms with van der Waals surface area (Å²) in [4.78, 5) is 1.40. The smallest absolute Gasteiger partial charge is 0.0208 e. The van der Waals surface area contributed by atoms with E-state index in [2.05, 4.69) is 50.0 Å². The molecule has 0 aliphatic heterocycles. The number of unbranched alkanes of at least 4 members (excludes halogenated alkanes) is 3. The fourth-order valence-electron chi connectivity index (χ4n) is 1.82. The largest absolute Gasteiger partial charge is 0.310 e. The fourth-order valence-corrected chi connectivity index (χ4v) is 2.82. The molecule has 1 aromatic carbocycles. The highest BCUT2D eigenvalue weighted by molar-refractivity contribution is 7.99. The van der Waals surface area contributed by atoms with Gasteiger partial charge in [0.1, 0.15) is 0 Å². The van der Waals surface area contributed by atoms with Gasteiger partial charge in [0.05, 0.1) is 0 Å². The van der Waals surface area contributed by atoms with Crippen molar-refractivity contribution in [3.8, 4) is 0 Å². The lowest BCUT2D eigenvalue weighted by Gasteiger charge is -2.09. The number of rotatable bonds is 10. The Morgan fingerprint density at radius 3 is 2.84 bits per heavy atom. The molecule has 0 bridgehead atoms. The second kappa shape index (κ2) is 10.1. The van der Waals surface area contributed by atoms with Crippen molar-refractivity contribution in [1.82, 2.24) is 5.32 Å². The molecule has 0 saturated carbocycles. The van der Waals surface area contributed by atoms with Crippen molar-refractivity contribution in [2.75, 3.05) is 5.75 Å². The van der Waals surface area contributed by atoms with Crippen molar-refractivity contribution in [1.29, 1.82) is 0 Å². The van der Waals surface area contributed by atoms with Crippen LogP contribution in [-0.2, 0) is 6.54 Å². The maximum atomic E-state index is 3.75. The van der Waals surface area contributed by atoms with Crippen LogP contribution in [0.25, 0.3) is 0 Å². The highest BCUT2D eigenvalue weighted by Crippen LogP contribution is 2.21. The van der Waals surface area contributed by atoms with Gasteiger partial charge in [-0.3, -0.25) is 0 Å². The first-order valence-electron chi connectivity index (χ1n) is 7.28. The molecule has 0 atom stereocenters. The molecule has 1 nitrogen and oxygen atoms in total. The van der Waals surface area contributed by atoms with Crippen molar-refractivity contribution in [2.24, 2.45) is 0 Å². The predicted molar refractivity (Wildman–Crippen MR) is 87.8 cm³/mol. The summed E-state index contributed by atoms with van der Waals surface area (Å²) in [5.41, 5.74) is 1.38. The van der Waals surface area contributed by atoms with Gasteiger partial charge in [-0.25, -0.2) is 0 Å². The predicted octanol–water partition coefficient (Wildman–Crippen LogP) is 5.02. The molecule has 1 N–H and O–H groups in total. The number of thioether (sulfide) groups is 1. The van der Waals surface area contributed by atoms with Crippen molar-refractivity contribution in [3.63, 3.8) is 0 Å². The number of allylic oxidation sites excluding steroid dienone is 1. The SMILES string of the molecule is C=CCCCCCSc1cccc(CNC(C)C)c1. The molecule has 0 unspecified atom stereocenters. The molecular weight excluding hydrogens is 250 g/mol. The van der Waals surface area contributed by atoms with Crippen LogP contribution in [0.2, 0.25) is 0 Å². The van der Waals surface area contributed by atoms with Gasteiger partial charge in [0, 0.05) is 17.5 Å². The standard InChI is InChI=1S/C17H27NS/c1-4-5-6-7-8-12-19-17-11-9-10-16(13-17)14-18-15(2)3/h4,9-11,13,15,18H,1,5-8,12,14H2,2-3H3. The summed E-state index contributed by atoms with van der Waals surface area (Å²) in [6.45, 7) is 9.08. The summed E-state index contributed by atoms with van der Waals surface area (Å²) in [6, 6.07) is 9.43.